The summed E-state index contributed by atoms with van der Waals surface area (Å²) in [6, 6.07) is 77.4. The predicted molar refractivity (Wildman–Crippen MR) is 254 cm³/mol. The molecule has 9 aromatic carbocycles. The molecule has 3 heterocycles. The fraction of sp³-hybridized carbons (Fsp3) is 0. The molecule has 0 aliphatic heterocycles. The Morgan fingerprint density at radius 3 is 1.59 bits per heavy atom. The van der Waals surface area contributed by atoms with E-state index in [0.717, 1.165) is 83.1 Å². The number of benzene rings is 9. The van der Waals surface area contributed by atoms with Crippen molar-refractivity contribution < 1.29 is 0 Å². The number of fused-ring (bicyclic) bond motifs is 7. The number of aromatic nitrogens is 4. The number of nitrogens with zero attached hydrogens (tertiary/aromatic N) is 4. The van der Waals surface area contributed by atoms with Gasteiger partial charge in [0.25, 0.3) is 0 Å². The molecule has 3 aromatic heterocycles. The van der Waals surface area contributed by atoms with Gasteiger partial charge in [0.1, 0.15) is 0 Å². The number of hydrogen-bond donors (Lipinski definition) is 0. The molecule has 0 aliphatic carbocycles. The van der Waals surface area contributed by atoms with Gasteiger partial charge >= 0.3 is 0 Å². The fourth-order valence-corrected chi connectivity index (χ4v) is 9.03. The van der Waals surface area contributed by atoms with E-state index in [0.29, 0.717) is 5.82 Å². The SMILES string of the molecule is c1ccc(-c2ccc(-c3nc(-c4cccc(-c5ccc6c7cc8nc(-c9ccccc9)c9ccccc9c8cc7n(-c7ccccc7)c6c5)c4)nc4ccccc34)cc2)cc1. The summed E-state index contributed by atoms with van der Waals surface area (Å²) in [5.74, 6) is 0.698. The normalized spacial score (nSPS) is 11.6. The van der Waals surface area contributed by atoms with E-state index >= 15 is 0 Å². The van der Waals surface area contributed by atoms with Crippen molar-refractivity contribution in [2.24, 2.45) is 0 Å². The van der Waals surface area contributed by atoms with Crippen LogP contribution in [0.25, 0.3) is 116 Å². The van der Waals surface area contributed by atoms with Crippen LogP contribution < -0.4 is 0 Å². The highest BCUT2D eigenvalue weighted by Crippen LogP contribution is 2.40. The zero-order valence-electron chi connectivity index (χ0n) is 33.1. The van der Waals surface area contributed by atoms with Gasteiger partial charge in [-0.15, -0.1) is 0 Å². The van der Waals surface area contributed by atoms with Crippen LogP contribution in [0, 0.1) is 0 Å². The van der Waals surface area contributed by atoms with Gasteiger partial charge in [0.2, 0.25) is 0 Å². The monoisotopic (exact) mass is 776 g/mol. The highest BCUT2D eigenvalue weighted by molar-refractivity contribution is 6.19. The molecule has 0 unspecified atom stereocenters. The topological polar surface area (TPSA) is 43.6 Å². The smallest absolute Gasteiger partial charge is 0.160 e. The van der Waals surface area contributed by atoms with Crippen molar-refractivity contribution in [2.75, 3.05) is 0 Å². The molecule has 0 saturated heterocycles. The molecule has 0 saturated carbocycles. The van der Waals surface area contributed by atoms with Crippen molar-refractivity contribution in [1.82, 2.24) is 19.5 Å². The van der Waals surface area contributed by atoms with E-state index < -0.39 is 0 Å². The minimum absolute atomic E-state index is 0.698. The maximum absolute atomic E-state index is 5.36. The van der Waals surface area contributed by atoms with E-state index in [1.807, 2.05) is 12.1 Å². The maximum Gasteiger partial charge on any atom is 0.160 e. The van der Waals surface area contributed by atoms with Gasteiger partial charge in [0.05, 0.1) is 33.5 Å². The van der Waals surface area contributed by atoms with Crippen LogP contribution in [0.15, 0.2) is 218 Å². The lowest BCUT2D eigenvalue weighted by Crippen LogP contribution is -1.96. The van der Waals surface area contributed by atoms with Crippen molar-refractivity contribution in [1.29, 1.82) is 0 Å². The molecule has 12 aromatic rings. The predicted octanol–water partition coefficient (Wildman–Crippen LogP) is 14.8. The molecule has 4 heteroatoms. The number of pyridine rings is 1. The van der Waals surface area contributed by atoms with Gasteiger partial charge in [0.15, 0.2) is 5.82 Å². The van der Waals surface area contributed by atoms with E-state index in [-0.39, 0.29) is 0 Å². The first-order chi connectivity index (χ1) is 30.2. The molecule has 0 radical (unpaired) electrons. The van der Waals surface area contributed by atoms with Crippen LogP contribution in [-0.4, -0.2) is 19.5 Å². The van der Waals surface area contributed by atoms with Gasteiger partial charge in [-0.1, -0.05) is 176 Å². The van der Waals surface area contributed by atoms with Gasteiger partial charge in [-0.25, -0.2) is 15.0 Å². The molecule has 4 nitrogen and oxygen atoms in total. The summed E-state index contributed by atoms with van der Waals surface area (Å²) in [6.45, 7) is 0. The molecule has 0 bridgehead atoms. The molecule has 0 spiro atoms. The Bertz CT molecular complexity index is 3610. The first-order valence-electron chi connectivity index (χ1n) is 20.7. The third-order valence-corrected chi connectivity index (χ3v) is 12.0. The van der Waals surface area contributed by atoms with Crippen LogP contribution in [0.4, 0.5) is 0 Å². The van der Waals surface area contributed by atoms with Gasteiger partial charge in [0, 0.05) is 49.3 Å². The van der Waals surface area contributed by atoms with Gasteiger partial charge in [-0.3, -0.25) is 0 Å². The summed E-state index contributed by atoms with van der Waals surface area (Å²) in [4.78, 5) is 15.7. The van der Waals surface area contributed by atoms with Crippen molar-refractivity contribution in [3.8, 4) is 61.8 Å². The lowest BCUT2D eigenvalue weighted by molar-refractivity contribution is 1.18. The number of rotatable bonds is 6. The first-order valence-corrected chi connectivity index (χ1v) is 20.7. The van der Waals surface area contributed by atoms with E-state index in [1.165, 1.54) is 27.3 Å². The van der Waals surface area contributed by atoms with Gasteiger partial charge < -0.3 is 4.57 Å². The van der Waals surface area contributed by atoms with Crippen molar-refractivity contribution in [3.05, 3.63) is 218 Å². The second kappa shape index (κ2) is 14.3. The molecule has 12 rings (SSSR count). The molecule has 0 amide bonds. The molecular weight excluding hydrogens is 741 g/mol. The summed E-state index contributed by atoms with van der Waals surface area (Å²) in [6.07, 6.45) is 0. The maximum atomic E-state index is 5.36. The Kier molecular flexibility index (Phi) is 8.13. The summed E-state index contributed by atoms with van der Waals surface area (Å²) in [5, 5.41) is 6.85. The molecule has 0 fully saturated rings. The third-order valence-electron chi connectivity index (χ3n) is 12.0. The molecular formula is C57H36N4. The molecule has 0 aliphatic rings. The van der Waals surface area contributed by atoms with E-state index in [2.05, 4.69) is 211 Å². The fourth-order valence-electron chi connectivity index (χ4n) is 9.03. The number of para-hydroxylation sites is 2. The van der Waals surface area contributed by atoms with Gasteiger partial charge in [-0.2, -0.15) is 0 Å². The zero-order valence-corrected chi connectivity index (χ0v) is 33.1. The van der Waals surface area contributed by atoms with E-state index in [4.69, 9.17) is 15.0 Å². The zero-order chi connectivity index (χ0) is 40.3. The number of hydrogen-bond acceptors (Lipinski definition) is 3. The lowest BCUT2D eigenvalue weighted by Gasteiger charge is -2.12. The Hall–Kier alpha value is -8.21. The standard InChI is InChI=1S/C57H36N4/c1-4-15-37(16-5-1)38-27-29-40(30-28-38)56-48-25-12-13-26-51(48)59-57(60-56)43-20-14-19-41(33-43)42-31-32-46-50-35-52-49(36-54(50)61(53(46)34-42)44-21-8-3-9-22-44)45-23-10-11-24-47(45)55(58-52)39-17-6-2-7-18-39/h1-36H. The molecule has 284 valence electrons. The van der Waals surface area contributed by atoms with Crippen LogP contribution in [0.1, 0.15) is 0 Å². The van der Waals surface area contributed by atoms with E-state index in [9.17, 15) is 0 Å². The summed E-state index contributed by atoms with van der Waals surface area (Å²) in [7, 11) is 0. The van der Waals surface area contributed by atoms with Crippen LogP contribution in [-0.2, 0) is 0 Å². The molecule has 0 atom stereocenters. The van der Waals surface area contributed by atoms with Crippen LogP contribution in [0.3, 0.4) is 0 Å². The van der Waals surface area contributed by atoms with Crippen molar-refractivity contribution >= 4 is 54.4 Å². The average molecular weight is 777 g/mol. The Morgan fingerprint density at radius 1 is 0.262 bits per heavy atom. The summed E-state index contributed by atoms with van der Waals surface area (Å²) >= 11 is 0. The van der Waals surface area contributed by atoms with Crippen LogP contribution in [0.2, 0.25) is 0 Å². The van der Waals surface area contributed by atoms with Gasteiger partial charge in [-0.05, 0) is 70.1 Å². The summed E-state index contributed by atoms with van der Waals surface area (Å²) in [5.41, 5.74) is 14.9. The van der Waals surface area contributed by atoms with Crippen LogP contribution >= 0.6 is 0 Å². The Labute approximate surface area is 352 Å². The highest BCUT2D eigenvalue weighted by Gasteiger charge is 2.19. The van der Waals surface area contributed by atoms with Crippen molar-refractivity contribution in [3.63, 3.8) is 0 Å². The van der Waals surface area contributed by atoms with Crippen molar-refractivity contribution in [2.45, 2.75) is 0 Å². The largest absolute Gasteiger partial charge is 0.309 e. The second-order valence-corrected chi connectivity index (χ2v) is 15.6. The lowest BCUT2D eigenvalue weighted by atomic mass is 9.98. The Morgan fingerprint density at radius 2 is 0.803 bits per heavy atom. The van der Waals surface area contributed by atoms with E-state index in [1.54, 1.807) is 0 Å². The quantitative estimate of drug-likeness (QED) is 0.158. The Balaban J connectivity index is 1.01. The average Bonchev–Trinajstić information content (AvgIpc) is 3.66. The minimum atomic E-state index is 0.698. The molecule has 0 N–H and O–H groups in total. The van der Waals surface area contributed by atoms with Crippen LogP contribution in [0.5, 0.6) is 0 Å². The third kappa shape index (κ3) is 5.96. The minimum Gasteiger partial charge on any atom is -0.309 e. The highest BCUT2D eigenvalue weighted by atomic mass is 15.0. The second-order valence-electron chi connectivity index (χ2n) is 15.6. The summed E-state index contributed by atoms with van der Waals surface area (Å²) < 4.78 is 2.40. The molecule has 61 heavy (non-hydrogen) atoms. The first kappa shape index (κ1) is 34.8.